The predicted molar refractivity (Wildman–Crippen MR) is 87.8 cm³/mol. The normalized spacial score (nSPS) is 15.7. The molecule has 114 valence electrons. The summed E-state index contributed by atoms with van der Waals surface area (Å²) in [5.74, 6) is 0.113. The van der Waals surface area contributed by atoms with Gasteiger partial charge >= 0.3 is 0 Å². The lowest BCUT2D eigenvalue weighted by molar-refractivity contribution is -0.384. The maximum Gasteiger partial charge on any atom is 0.293 e. The number of carbonyl (C=O) groups excluding carboxylic acids is 1. The van der Waals surface area contributed by atoms with Gasteiger partial charge in [0.2, 0.25) is 5.91 Å². The van der Waals surface area contributed by atoms with Crippen molar-refractivity contribution in [3.8, 4) is 0 Å². The third-order valence-corrected chi connectivity index (χ3v) is 5.03. The standard InChI is InChI=1S/C13H16BrN3O3S/c14-9-1-2-11(12(7-9)17(19)20)16-13(18)8-21-10-3-5-15-6-4-10/h1-2,7,10,15H,3-6,8H2,(H,16,18). The number of nitrogens with one attached hydrogen (secondary N) is 2. The van der Waals surface area contributed by atoms with Gasteiger partial charge in [-0.2, -0.15) is 0 Å². The van der Waals surface area contributed by atoms with Crippen molar-refractivity contribution in [1.29, 1.82) is 0 Å². The van der Waals surface area contributed by atoms with E-state index in [2.05, 4.69) is 26.6 Å². The second-order valence-corrected chi connectivity index (χ2v) is 6.93. The van der Waals surface area contributed by atoms with Gasteiger partial charge in [-0.3, -0.25) is 14.9 Å². The molecular formula is C13H16BrN3O3S. The topological polar surface area (TPSA) is 84.3 Å². The summed E-state index contributed by atoms with van der Waals surface area (Å²) in [6.07, 6.45) is 2.10. The third kappa shape index (κ3) is 4.98. The molecule has 6 nitrogen and oxygen atoms in total. The quantitative estimate of drug-likeness (QED) is 0.612. The summed E-state index contributed by atoms with van der Waals surface area (Å²) in [4.78, 5) is 22.4. The van der Waals surface area contributed by atoms with Crippen molar-refractivity contribution in [2.45, 2.75) is 18.1 Å². The van der Waals surface area contributed by atoms with Crippen molar-refractivity contribution in [2.24, 2.45) is 0 Å². The van der Waals surface area contributed by atoms with Crippen molar-refractivity contribution in [2.75, 3.05) is 24.2 Å². The molecule has 1 aliphatic heterocycles. The van der Waals surface area contributed by atoms with Crippen LogP contribution in [0.4, 0.5) is 11.4 Å². The molecule has 1 aliphatic rings. The molecule has 0 aliphatic carbocycles. The Morgan fingerprint density at radius 3 is 2.86 bits per heavy atom. The number of rotatable bonds is 5. The highest BCUT2D eigenvalue weighted by molar-refractivity contribution is 9.10. The number of amides is 1. The van der Waals surface area contributed by atoms with Gasteiger partial charge in [-0.15, -0.1) is 11.8 Å². The second kappa shape index (κ2) is 7.77. The summed E-state index contributed by atoms with van der Waals surface area (Å²) in [6, 6.07) is 4.59. The zero-order valence-corrected chi connectivity index (χ0v) is 13.7. The van der Waals surface area contributed by atoms with Crippen LogP contribution < -0.4 is 10.6 Å². The number of nitrogens with zero attached hydrogens (tertiary/aromatic N) is 1. The zero-order valence-electron chi connectivity index (χ0n) is 11.3. The number of nitro benzene ring substituents is 1. The van der Waals surface area contributed by atoms with Crippen molar-refractivity contribution in [1.82, 2.24) is 5.32 Å². The van der Waals surface area contributed by atoms with Crippen LogP contribution in [0, 0.1) is 10.1 Å². The lowest BCUT2D eigenvalue weighted by Gasteiger charge is -2.21. The highest BCUT2D eigenvalue weighted by Gasteiger charge is 2.18. The molecule has 0 spiro atoms. The molecule has 1 fully saturated rings. The predicted octanol–water partition coefficient (Wildman–Crippen LogP) is 2.78. The van der Waals surface area contributed by atoms with E-state index in [1.165, 1.54) is 12.1 Å². The van der Waals surface area contributed by atoms with Crippen molar-refractivity contribution >= 4 is 45.0 Å². The van der Waals surface area contributed by atoms with Crippen molar-refractivity contribution in [3.05, 3.63) is 32.8 Å². The van der Waals surface area contributed by atoms with Crippen molar-refractivity contribution in [3.63, 3.8) is 0 Å². The summed E-state index contributed by atoms with van der Waals surface area (Å²) < 4.78 is 0.608. The lowest BCUT2D eigenvalue weighted by atomic mass is 10.2. The van der Waals surface area contributed by atoms with Gasteiger partial charge in [0.1, 0.15) is 5.69 Å². The number of carbonyl (C=O) groups is 1. The highest BCUT2D eigenvalue weighted by atomic mass is 79.9. The van der Waals surface area contributed by atoms with E-state index in [9.17, 15) is 14.9 Å². The summed E-state index contributed by atoms with van der Waals surface area (Å²) in [5.41, 5.74) is 0.128. The van der Waals surface area contributed by atoms with E-state index in [-0.39, 0.29) is 17.3 Å². The fourth-order valence-corrected chi connectivity index (χ4v) is 3.48. The molecule has 0 saturated carbocycles. The van der Waals surface area contributed by atoms with Crippen LogP contribution in [0.5, 0.6) is 0 Å². The minimum absolute atomic E-state index is 0.107. The SMILES string of the molecule is O=C(CSC1CCNCC1)Nc1ccc(Br)cc1[N+](=O)[O-]. The van der Waals surface area contributed by atoms with Gasteiger partial charge in [-0.1, -0.05) is 15.9 Å². The van der Waals surface area contributed by atoms with Gasteiger partial charge in [0.15, 0.2) is 0 Å². The number of piperidine rings is 1. The molecule has 1 amide bonds. The molecule has 2 N–H and O–H groups in total. The maximum atomic E-state index is 11.9. The zero-order chi connectivity index (χ0) is 15.2. The summed E-state index contributed by atoms with van der Waals surface area (Å²) in [7, 11) is 0. The number of nitro groups is 1. The van der Waals surface area contributed by atoms with Crippen LogP contribution in [-0.2, 0) is 4.79 Å². The molecule has 8 heteroatoms. The minimum atomic E-state index is -0.500. The Bertz CT molecular complexity index is 535. The van der Waals surface area contributed by atoms with Crippen LogP contribution in [0.2, 0.25) is 0 Å². The minimum Gasteiger partial charge on any atom is -0.320 e. The summed E-state index contributed by atoms with van der Waals surface area (Å²) in [6.45, 7) is 1.97. The summed E-state index contributed by atoms with van der Waals surface area (Å²) in [5, 5.41) is 17.4. The van der Waals surface area contributed by atoms with Gasteiger partial charge in [-0.25, -0.2) is 0 Å². The largest absolute Gasteiger partial charge is 0.320 e. The molecule has 0 aromatic heterocycles. The van der Waals surface area contributed by atoms with E-state index in [4.69, 9.17) is 0 Å². The van der Waals surface area contributed by atoms with Gasteiger partial charge in [0.05, 0.1) is 10.7 Å². The first kappa shape index (κ1) is 16.3. The van der Waals surface area contributed by atoms with Gasteiger partial charge < -0.3 is 10.6 Å². The molecular weight excluding hydrogens is 358 g/mol. The Morgan fingerprint density at radius 1 is 1.48 bits per heavy atom. The van der Waals surface area contributed by atoms with Crippen LogP contribution in [0.25, 0.3) is 0 Å². The molecule has 0 atom stereocenters. The van der Waals surface area contributed by atoms with Gasteiger partial charge in [-0.05, 0) is 38.1 Å². The Balaban J connectivity index is 1.91. The first-order valence-electron chi connectivity index (χ1n) is 6.62. The van der Waals surface area contributed by atoms with E-state index in [1.807, 2.05) is 0 Å². The number of anilines is 1. The van der Waals surface area contributed by atoms with Crippen LogP contribution in [0.15, 0.2) is 22.7 Å². The van der Waals surface area contributed by atoms with Gasteiger partial charge in [0.25, 0.3) is 5.69 Å². The molecule has 0 radical (unpaired) electrons. The van der Waals surface area contributed by atoms with E-state index in [0.29, 0.717) is 15.5 Å². The molecule has 1 aromatic rings. The van der Waals surface area contributed by atoms with Crippen LogP contribution in [0.3, 0.4) is 0 Å². The number of thioether (sulfide) groups is 1. The van der Waals surface area contributed by atoms with Crippen LogP contribution in [-0.4, -0.2) is 34.9 Å². The molecule has 0 bridgehead atoms. The first-order chi connectivity index (χ1) is 10.1. The Labute approximate surface area is 135 Å². The third-order valence-electron chi connectivity index (χ3n) is 3.17. The van der Waals surface area contributed by atoms with E-state index >= 15 is 0 Å². The maximum absolute atomic E-state index is 11.9. The Hall–Kier alpha value is -1.12. The molecule has 21 heavy (non-hydrogen) atoms. The Morgan fingerprint density at radius 2 is 2.19 bits per heavy atom. The van der Waals surface area contributed by atoms with Crippen LogP contribution >= 0.6 is 27.7 Å². The molecule has 1 heterocycles. The summed E-state index contributed by atoms with van der Waals surface area (Å²) >= 11 is 4.80. The average molecular weight is 374 g/mol. The molecule has 1 saturated heterocycles. The second-order valence-electron chi connectivity index (χ2n) is 4.73. The van der Waals surface area contributed by atoms with E-state index in [1.54, 1.807) is 17.8 Å². The van der Waals surface area contributed by atoms with Crippen LogP contribution in [0.1, 0.15) is 12.8 Å². The lowest BCUT2D eigenvalue weighted by Crippen LogP contribution is -2.30. The number of hydrogen-bond donors (Lipinski definition) is 2. The molecule has 1 aromatic carbocycles. The van der Waals surface area contributed by atoms with Crippen molar-refractivity contribution < 1.29 is 9.72 Å². The fourth-order valence-electron chi connectivity index (χ4n) is 2.10. The fraction of sp³-hybridized carbons (Fsp3) is 0.462. The molecule has 0 unspecified atom stereocenters. The number of benzene rings is 1. The highest BCUT2D eigenvalue weighted by Crippen LogP contribution is 2.28. The van der Waals surface area contributed by atoms with E-state index in [0.717, 1.165) is 25.9 Å². The first-order valence-corrected chi connectivity index (χ1v) is 8.46. The van der Waals surface area contributed by atoms with E-state index < -0.39 is 4.92 Å². The van der Waals surface area contributed by atoms with Gasteiger partial charge in [0, 0.05) is 15.8 Å². The molecule has 2 rings (SSSR count). The number of hydrogen-bond acceptors (Lipinski definition) is 5. The smallest absolute Gasteiger partial charge is 0.293 e. The average Bonchev–Trinajstić information content (AvgIpc) is 2.48. The number of halogens is 1. The Kier molecular flexibility index (Phi) is 6.01. The monoisotopic (exact) mass is 373 g/mol.